The predicted octanol–water partition coefficient (Wildman–Crippen LogP) is 15.4. The van der Waals surface area contributed by atoms with Crippen LogP contribution in [0.1, 0.15) is 25.0 Å². The van der Waals surface area contributed by atoms with E-state index in [1.807, 2.05) is 18.2 Å². The van der Waals surface area contributed by atoms with E-state index < -0.39 is 0 Å². The van der Waals surface area contributed by atoms with E-state index >= 15 is 0 Å². The monoisotopic (exact) mass is 791 g/mol. The Morgan fingerprint density at radius 3 is 1.79 bits per heavy atom. The van der Waals surface area contributed by atoms with Crippen molar-refractivity contribution in [2.24, 2.45) is 0 Å². The van der Waals surface area contributed by atoms with Gasteiger partial charge in [-0.1, -0.05) is 184 Å². The van der Waals surface area contributed by atoms with Gasteiger partial charge in [0.05, 0.1) is 22.4 Å². The maximum absolute atomic E-state index is 5.24. The van der Waals surface area contributed by atoms with Crippen molar-refractivity contribution in [3.8, 4) is 73.0 Å². The lowest BCUT2D eigenvalue weighted by Crippen LogP contribution is -2.14. The molecule has 0 spiro atoms. The molecular formula is C59H41N3. The Morgan fingerprint density at radius 1 is 0.387 bits per heavy atom. The number of aromatic nitrogens is 3. The molecule has 9 aromatic carbocycles. The van der Waals surface area contributed by atoms with Crippen molar-refractivity contribution < 1.29 is 0 Å². The normalized spacial score (nSPS) is 12.8. The molecule has 0 unspecified atom stereocenters. The lowest BCUT2D eigenvalue weighted by Gasteiger charge is -2.22. The summed E-state index contributed by atoms with van der Waals surface area (Å²) in [5.74, 6) is 0.700. The molecule has 0 atom stereocenters. The smallest absolute Gasteiger partial charge is 0.160 e. The zero-order valence-corrected chi connectivity index (χ0v) is 34.5. The molecule has 0 radical (unpaired) electrons. The van der Waals surface area contributed by atoms with Crippen molar-refractivity contribution in [3.05, 3.63) is 223 Å². The van der Waals surface area contributed by atoms with Crippen LogP contribution in [-0.2, 0) is 5.41 Å². The van der Waals surface area contributed by atoms with E-state index in [0.29, 0.717) is 5.82 Å². The molecule has 2 aromatic heterocycles. The van der Waals surface area contributed by atoms with Gasteiger partial charge in [0, 0.05) is 44.1 Å². The summed E-state index contributed by atoms with van der Waals surface area (Å²) >= 11 is 0. The van der Waals surface area contributed by atoms with Crippen LogP contribution < -0.4 is 0 Å². The standard InChI is InChI=1S/C59H41N3/c1-59(2)51-28-15-25-46(56(51)50-35-41-18-9-10-19-42(41)36-52(50)59)38-30-32-39(33-31-38)53-37-54(61-58(60-53)40-16-5-3-6-17-40)44-21-13-20-43(34-44)47-26-14-27-49-48-24-11-12-29-55(48)62(57(47)49)45-22-7-4-8-23-45/h3-37H,1-2H3. The van der Waals surface area contributed by atoms with E-state index in [4.69, 9.17) is 9.97 Å². The molecule has 1 aliphatic carbocycles. The Bertz CT molecular complexity index is 3520. The SMILES string of the molecule is CC1(C)c2cc3ccccc3cc2-c2c(-c3ccc(-c4cc(-c5cccc(-c6cccc7c8ccccc8n(-c8ccccc8)c67)c5)nc(-c5ccccc5)n4)cc3)cccc21. The minimum absolute atomic E-state index is 0.0972. The van der Waals surface area contributed by atoms with Gasteiger partial charge in [0.15, 0.2) is 5.82 Å². The third-order valence-electron chi connectivity index (χ3n) is 13.0. The van der Waals surface area contributed by atoms with Crippen LogP contribution in [0.15, 0.2) is 212 Å². The van der Waals surface area contributed by atoms with Gasteiger partial charge in [0.25, 0.3) is 0 Å². The van der Waals surface area contributed by atoms with E-state index in [1.165, 1.54) is 71.5 Å². The fourth-order valence-corrected chi connectivity index (χ4v) is 9.94. The number of fused-ring (bicyclic) bond motifs is 7. The van der Waals surface area contributed by atoms with Gasteiger partial charge >= 0.3 is 0 Å². The summed E-state index contributed by atoms with van der Waals surface area (Å²) in [6.07, 6.45) is 0. The fourth-order valence-electron chi connectivity index (χ4n) is 9.94. The van der Waals surface area contributed by atoms with Crippen LogP contribution in [0.3, 0.4) is 0 Å². The zero-order chi connectivity index (χ0) is 41.4. The molecule has 2 heterocycles. The Balaban J connectivity index is 0.974. The van der Waals surface area contributed by atoms with E-state index in [2.05, 4.69) is 213 Å². The van der Waals surface area contributed by atoms with Crippen molar-refractivity contribution in [1.82, 2.24) is 14.5 Å². The van der Waals surface area contributed by atoms with E-state index in [-0.39, 0.29) is 5.41 Å². The molecule has 62 heavy (non-hydrogen) atoms. The minimum atomic E-state index is -0.0972. The highest BCUT2D eigenvalue weighted by Crippen LogP contribution is 2.53. The molecule has 1 aliphatic rings. The molecule has 0 aliphatic heterocycles. The Hall–Kier alpha value is -7.88. The molecule has 0 fully saturated rings. The van der Waals surface area contributed by atoms with Gasteiger partial charge in [0.1, 0.15) is 0 Å². The number of hydrogen-bond acceptors (Lipinski definition) is 2. The molecule has 0 N–H and O–H groups in total. The predicted molar refractivity (Wildman–Crippen MR) is 259 cm³/mol. The second kappa shape index (κ2) is 14.1. The van der Waals surface area contributed by atoms with Gasteiger partial charge in [-0.3, -0.25) is 0 Å². The Labute approximate surface area is 361 Å². The van der Waals surface area contributed by atoms with Crippen LogP contribution in [0.5, 0.6) is 0 Å². The maximum atomic E-state index is 5.24. The van der Waals surface area contributed by atoms with Crippen LogP contribution in [0, 0.1) is 0 Å². The van der Waals surface area contributed by atoms with E-state index in [9.17, 15) is 0 Å². The largest absolute Gasteiger partial charge is 0.309 e. The van der Waals surface area contributed by atoms with Crippen LogP contribution in [-0.4, -0.2) is 14.5 Å². The first-order chi connectivity index (χ1) is 30.5. The summed E-state index contributed by atoms with van der Waals surface area (Å²) in [5.41, 5.74) is 18.4. The summed E-state index contributed by atoms with van der Waals surface area (Å²) in [6.45, 7) is 4.72. The lowest BCUT2D eigenvalue weighted by atomic mass is 9.81. The second-order valence-electron chi connectivity index (χ2n) is 17.0. The highest BCUT2D eigenvalue weighted by atomic mass is 15.0. The van der Waals surface area contributed by atoms with Crippen LogP contribution >= 0.6 is 0 Å². The van der Waals surface area contributed by atoms with Crippen molar-refractivity contribution in [3.63, 3.8) is 0 Å². The van der Waals surface area contributed by atoms with E-state index in [1.54, 1.807) is 0 Å². The average molecular weight is 792 g/mol. The summed E-state index contributed by atoms with van der Waals surface area (Å²) in [7, 11) is 0. The highest BCUT2D eigenvalue weighted by Gasteiger charge is 2.37. The average Bonchev–Trinajstić information content (AvgIpc) is 3.79. The van der Waals surface area contributed by atoms with Gasteiger partial charge in [-0.25, -0.2) is 9.97 Å². The third-order valence-corrected chi connectivity index (χ3v) is 13.0. The van der Waals surface area contributed by atoms with Gasteiger partial charge in [-0.05, 0) is 92.2 Å². The highest BCUT2D eigenvalue weighted by molar-refractivity contribution is 6.14. The number of benzene rings is 9. The minimum Gasteiger partial charge on any atom is -0.309 e. The first-order valence-electron chi connectivity index (χ1n) is 21.4. The van der Waals surface area contributed by atoms with Crippen molar-refractivity contribution in [2.75, 3.05) is 0 Å². The maximum Gasteiger partial charge on any atom is 0.160 e. The summed E-state index contributed by atoms with van der Waals surface area (Å²) in [6, 6.07) is 76.5. The van der Waals surface area contributed by atoms with Gasteiger partial charge < -0.3 is 4.57 Å². The molecule has 0 saturated carbocycles. The summed E-state index contributed by atoms with van der Waals surface area (Å²) in [5, 5.41) is 5.02. The number of para-hydroxylation sites is 3. The molecule has 0 saturated heterocycles. The molecule has 3 heteroatoms. The van der Waals surface area contributed by atoms with Crippen LogP contribution in [0.4, 0.5) is 0 Å². The van der Waals surface area contributed by atoms with Gasteiger partial charge in [-0.2, -0.15) is 0 Å². The summed E-state index contributed by atoms with van der Waals surface area (Å²) in [4.78, 5) is 10.5. The summed E-state index contributed by atoms with van der Waals surface area (Å²) < 4.78 is 2.40. The first kappa shape index (κ1) is 36.0. The fraction of sp³-hybridized carbons (Fsp3) is 0.0508. The molecule has 0 bridgehead atoms. The van der Waals surface area contributed by atoms with Gasteiger partial charge in [0.2, 0.25) is 0 Å². The molecule has 0 amide bonds. The molecule has 11 aromatic rings. The molecule has 292 valence electrons. The third kappa shape index (κ3) is 5.73. The quantitative estimate of drug-likeness (QED) is 0.168. The van der Waals surface area contributed by atoms with Crippen LogP contribution in [0.2, 0.25) is 0 Å². The lowest BCUT2D eigenvalue weighted by molar-refractivity contribution is 0.661. The first-order valence-corrected chi connectivity index (χ1v) is 21.4. The van der Waals surface area contributed by atoms with E-state index in [0.717, 1.165) is 39.3 Å². The second-order valence-corrected chi connectivity index (χ2v) is 17.0. The van der Waals surface area contributed by atoms with Crippen molar-refractivity contribution in [2.45, 2.75) is 19.3 Å². The topological polar surface area (TPSA) is 30.7 Å². The van der Waals surface area contributed by atoms with Gasteiger partial charge in [-0.15, -0.1) is 0 Å². The Kier molecular flexibility index (Phi) is 8.20. The van der Waals surface area contributed by atoms with Crippen molar-refractivity contribution in [1.29, 1.82) is 0 Å². The number of nitrogens with zero attached hydrogens (tertiary/aromatic N) is 3. The zero-order valence-electron chi connectivity index (χ0n) is 34.5. The Morgan fingerprint density at radius 2 is 0.984 bits per heavy atom. The van der Waals surface area contributed by atoms with Crippen LogP contribution in [0.25, 0.3) is 106 Å². The molecule has 3 nitrogen and oxygen atoms in total. The number of hydrogen-bond donors (Lipinski definition) is 0. The molecular weight excluding hydrogens is 751 g/mol. The molecule has 12 rings (SSSR count). The number of rotatable bonds is 6. The van der Waals surface area contributed by atoms with Crippen molar-refractivity contribution >= 4 is 32.6 Å².